The second kappa shape index (κ2) is 8.29. The van der Waals surface area contributed by atoms with Gasteiger partial charge >= 0.3 is 6.18 Å². The lowest BCUT2D eigenvalue weighted by molar-refractivity contribution is -0.137. The van der Waals surface area contributed by atoms with Gasteiger partial charge in [-0.3, -0.25) is 10.0 Å². The topological polar surface area (TPSA) is 95.5 Å². The Balaban J connectivity index is 2.29. The van der Waals surface area contributed by atoms with Crippen LogP contribution in [0.3, 0.4) is 0 Å². The number of rotatable bonds is 6. The van der Waals surface area contributed by atoms with Crippen molar-refractivity contribution in [2.75, 3.05) is 0 Å². The van der Waals surface area contributed by atoms with E-state index in [1.165, 1.54) is 29.7 Å². The van der Waals surface area contributed by atoms with Crippen molar-refractivity contribution in [2.24, 2.45) is 5.92 Å². The van der Waals surface area contributed by atoms with E-state index >= 15 is 0 Å². The van der Waals surface area contributed by atoms with E-state index in [2.05, 4.69) is 4.72 Å². The normalized spacial score (nSPS) is 13.4. The van der Waals surface area contributed by atoms with E-state index in [9.17, 15) is 26.4 Å². The third-order valence-electron chi connectivity index (χ3n) is 4.07. The lowest BCUT2D eigenvalue weighted by Crippen LogP contribution is -2.32. The molecule has 0 bridgehead atoms. The zero-order valence-electron chi connectivity index (χ0n) is 15.0. The number of amides is 1. The Morgan fingerprint density at radius 3 is 1.96 bits per heavy atom. The number of benzene rings is 2. The molecule has 0 aliphatic carbocycles. The standard InChI is InChI=1S/C18H19F3N2O4S/c1-11(2)16(12-3-5-13(6-4-12)17(24)22-25)23-28(26,27)15-9-7-14(8-10-15)18(19,20)21/h3-11,16,23,25H,1-2H3,(H,22,24). The molecular formula is C18H19F3N2O4S. The summed E-state index contributed by atoms with van der Waals surface area (Å²) in [7, 11) is -4.08. The smallest absolute Gasteiger partial charge is 0.288 e. The van der Waals surface area contributed by atoms with Crippen LogP contribution in [0.25, 0.3) is 0 Å². The lowest BCUT2D eigenvalue weighted by Gasteiger charge is -2.23. The van der Waals surface area contributed by atoms with Crippen LogP contribution in [-0.2, 0) is 16.2 Å². The van der Waals surface area contributed by atoms with E-state index in [1.807, 2.05) is 0 Å². The van der Waals surface area contributed by atoms with Crippen molar-refractivity contribution in [3.05, 3.63) is 65.2 Å². The Morgan fingerprint density at radius 1 is 1.00 bits per heavy atom. The minimum absolute atomic E-state index is 0.180. The summed E-state index contributed by atoms with van der Waals surface area (Å²) in [6.45, 7) is 3.54. The number of hydrogen-bond acceptors (Lipinski definition) is 4. The number of carbonyl (C=O) groups excluding carboxylic acids is 1. The maximum atomic E-state index is 12.7. The number of alkyl halides is 3. The van der Waals surface area contributed by atoms with Crippen LogP contribution in [0.2, 0.25) is 0 Å². The summed E-state index contributed by atoms with van der Waals surface area (Å²) in [6, 6.07) is 8.44. The molecule has 0 aromatic heterocycles. The van der Waals surface area contributed by atoms with Crippen LogP contribution >= 0.6 is 0 Å². The fraction of sp³-hybridized carbons (Fsp3) is 0.278. The van der Waals surface area contributed by atoms with Gasteiger partial charge in [0, 0.05) is 11.6 Å². The fourth-order valence-electron chi connectivity index (χ4n) is 2.55. The monoisotopic (exact) mass is 416 g/mol. The molecule has 10 heteroatoms. The Morgan fingerprint density at radius 2 is 1.54 bits per heavy atom. The molecule has 0 saturated heterocycles. The van der Waals surface area contributed by atoms with Crippen LogP contribution in [0.4, 0.5) is 13.2 Å². The first kappa shape index (κ1) is 21.9. The predicted molar refractivity (Wildman–Crippen MR) is 95.0 cm³/mol. The van der Waals surface area contributed by atoms with Crippen molar-refractivity contribution in [1.82, 2.24) is 10.2 Å². The van der Waals surface area contributed by atoms with Crippen LogP contribution in [0.15, 0.2) is 53.4 Å². The SMILES string of the molecule is CC(C)C(NS(=O)(=O)c1ccc(C(F)(F)F)cc1)c1ccc(C(=O)NO)cc1. The van der Waals surface area contributed by atoms with E-state index in [4.69, 9.17) is 5.21 Å². The third-order valence-corrected chi connectivity index (χ3v) is 5.53. The number of halogens is 3. The molecule has 28 heavy (non-hydrogen) atoms. The molecular weight excluding hydrogens is 397 g/mol. The highest BCUT2D eigenvalue weighted by molar-refractivity contribution is 7.89. The van der Waals surface area contributed by atoms with Crippen molar-refractivity contribution >= 4 is 15.9 Å². The van der Waals surface area contributed by atoms with Gasteiger partial charge in [0.25, 0.3) is 5.91 Å². The number of hydroxylamine groups is 1. The molecule has 152 valence electrons. The number of carbonyl (C=O) groups is 1. The van der Waals surface area contributed by atoms with E-state index in [-0.39, 0.29) is 16.4 Å². The summed E-state index contributed by atoms with van der Waals surface area (Å²) >= 11 is 0. The molecule has 6 nitrogen and oxygen atoms in total. The zero-order chi connectivity index (χ0) is 21.1. The van der Waals surface area contributed by atoms with E-state index in [0.717, 1.165) is 12.1 Å². The average Bonchev–Trinajstić information content (AvgIpc) is 2.65. The van der Waals surface area contributed by atoms with Gasteiger partial charge in [0.05, 0.1) is 10.5 Å². The maximum absolute atomic E-state index is 12.7. The average molecular weight is 416 g/mol. The highest BCUT2D eigenvalue weighted by Crippen LogP contribution is 2.30. The van der Waals surface area contributed by atoms with Gasteiger partial charge in [-0.15, -0.1) is 0 Å². The van der Waals surface area contributed by atoms with Crippen molar-refractivity contribution in [3.8, 4) is 0 Å². The molecule has 0 radical (unpaired) electrons. The fourth-order valence-corrected chi connectivity index (χ4v) is 3.93. The largest absolute Gasteiger partial charge is 0.416 e. The van der Waals surface area contributed by atoms with Gasteiger partial charge in [0.1, 0.15) is 0 Å². The van der Waals surface area contributed by atoms with Gasteiger partial charge < -0.3 is 0 Å². The third kappa shape index (κ3) is 5.09. The van der Waals surface area contributed by atoms with Gasteiger partial charge in [-0.1, -0.05) is 26.0 Å². The Bertz CT molecular complexity index is 925. The number of nitrogens with one attached hydrogen (secondary N) is 2. The second-order valence-corrected chi connectivity index (χ2v) is 8.14. The quantitative estimate of drug-likeness (QED) is 0.496. The molecule has 2 aromatic carbocycles. The highest BCUT2D eigenvalue weighted by atomic mass is 32.2. The molecule has 0 aliphatic heterocycles. The minimum Gasteiger partial charge on any atom is -0.288 e. The van der Waals surface area contributed by atoms with Crippen LogP contribution in [0.5, 0.6) is 0 Å². The summed E-state index contributed by atoms with van der Waals surface area (Å²) in [5, 5.41) is 8.64. The molecule has 0 fully saturated rings. The van der Waals surface area contributed by atoms with E-state index in [1.54, 1.807) is 13.8 Å². The second-order valence-electron chi connectivity index (χ2n) is 6.43. The summed E-state index contributed by atoms with van der Waals surface area (Å²) < 4.78 is 65.7. The first-order valence-corrected chi connectivity index (χ1v) is 9.68. The van der Waals surface area contributed by atoms with Crippen molar-refractivity contribution in [1.29, 1.82) is 0 Å². The highest BCUT2D eigenvalue weighted by Gasteiger charge is 2.31. The van der Waals surface area contributed by atoms with Crippen molar-refractivity contribution in [3.63, 3.8) is 0 Å². The molecule has 0 aliphatic rings. The van der Waals surface area contributed by atoms with Gasteiger partial charge in [-0.25, -0.2) is 18.6 Å². The van der Waals surface area contributed by atoms with Crippen LogP contribution in [0.1, 0.15) is 41.4 Å². The molecule has 1 atom stereocenters. The Kier molecular flexibility index (Phi) is 6.48. The molecule has 0 saturated carbocycles. The summed E-state index contributed by atoms with van der Waals surface area (Å²) in [4.78, 5) is 11.1. The summed E-state index contributed by atoms with van der Waals surface area (Å²) in [5.41, 5.74) is 1.29. The number of hydrogen-bond donors (Lipinski definition) is 3. The van der Waals surface area contributed by atoms with Crippen molar-refractivity contribution in [2.45, 2.75) is 31.0 Å². The van der Waals surface area contributed by atoms with E-state index in [0.29, 0.717) is 17.7 Å². The number of sulfonamides is 1. The van der Waals surface area contributed by atoms with Gasteiger partial charge in [0.15, 0.2) is 0 Å². The summed E-state index contributed by atoms with van der Waals surface area (Å²) in [6.07, 6.45) is -4.56. The Labute approximate surface area is 160 Å². The molecule has 1 amide bonds. The molecule has 2 rings (SSSR count). The van der Waals surface area contributed by atoms with E-state index < -0.39 is 33.7 Å². The van der Waals surface area contributed by atoms with Crippen LogP contribution in [-0.4, -0.2) is 19.5 Å². The molecule has 0 spiro atoms. The molecule has 0 heterocycles. The van der Waals surface area contributed by atoms with Gasteiger partial charge in [0.2, 0.25) is 10.0 Å². The Hall–Kier alpha value is -2.43. The minimum atomic E-state index is -4.56. The van der Waals surface area contributed by atoms with Gasteiger partial charge in [-0.05, 0) is 47.9 Å². The zero-order valence-corrected chi connectivity index (χ0v) is 15.8. The van der Waals surface area contributed by atoms with Crippen LogP contribution < -0.4 is 10.2 Å². The van der Waals surface area contributed by atoms with Gasteiger partial charge in [-0.2, -0.15) is 13.2 Å². The van der Waals surface area contributed by atoms with Crippen LogP contribution in [0, 0.1) is 5.92 Å². The molecule has 2 aromatic rings. The lowest BCUT2D eigenvalue weighted by atomic mass is 9.96. The molecule has 1 unspecified atom stereocenters. The maximum Gasteiger partial charge on any atom is 0.416 e. The first-order valence-electron chi connectivity index (χ1n) is 8.19. The molecule has 3 N–H and O–H groups in total. The summed E-state index contributed by atoms with van der Waals surface area (Å²) in [5.74, 6) is -0.903. The first-order chi connectivity index (χ1) is 13.0. The predicted octanol–water partition coefficient (Wildman–Crippen LogP) is 3.50. The van der Waals surface area contributed by atoms with Crippen molar-refractivity contribution < 1.29 is 31.6 Å².